The number of rotatable bonds is 4. The van der Waals surface area contributed by atoms with Gasteiger partial charge in [-0.05, 0) is 0 Å². The van der Waals surface area contributed by atoms with Crippen molar-refractivity contribution in [1.29, 1.82) is 0 Å². The molecular formula is C14H9AsF3NO3. The quantitative estimate of drug-likeness (QED) is 0.663. The van der Waals surface area contributed by atoms with E-state index in [4.69, 9.17) is 5.11 Å². The monoisotopic (exact) mass is 371 g/mol. The van der Waals surface area contributed by atoms with Crippen molar-refractivity contribution in [3.63, 3.8) is 0 Å². The molecule has 1 N–H and O–H groups in total. The summed E-state index contributed by atoms with van der Waals surface area (Å²) < 4.78 is 41.6. The molecular weight excluding hydrogens is 362 g/mol. The number of carbonyl (C=O) groups is 1. The van der Waals surface area contributed by atoms with Crippen molar-refractivity contribution in [3.05, 3.63) is 64.6 Å². The SMILES string of the molecule is O=N[As](c1ccc(C(=O)O)cc1)c1ccc(C(F)(F)F)cc1. The van der Waals surface area contributed by atoms with Gasteiger partial charge < -0.3 is 0 Å². The number of aromatic carboxylic acids is 1. The predicted molar refractivity (Wildman–Crippen MR) is 75.7 cm³/mol. The fourth-order valence-electron chi connectivity index (χ4n) is 1.78. The molecule has 0 saturated carbocycles. The molecule has 2 rings (SSSR count). The van der Waals surface area contributed by atoms with Gasteiger partial charge in [0, 0.05) is 0 Å². The van der Waals surface area contributed by atoms with Crippen LogP contribution in [-0.4, -0.2) is 26.0 Å². The Balaban J connectivity index is 2.31. The van der Waals surface area contributed by atoms with Crippen LogP contribution in [0.25, 0.3) is 0 Å². The normalized spacial score (nSPS) is 12.7. The van der Waals surface area contributed by atoms with Gasteiger partial charge in [0.25, 0.3) is 0 Å². The minimum atomic E-state index is -4.44. The Morgan fingerprint density at radius 1 is 0.955 bits per heavy atom. The first-order chi connectivity index (χ1) is 10.3. The summed E-state index contributed by atoms with van der Waals surface area (Å²) in [7, 11) is 0. The Kier molecular flexibility index (Phi) is 4.66. The van der Waals surface area contributed by atoms with Crippen LogP contribution in [0, 0.1) is 4.91 Å². The second-order valence-electron chi connectivity index (χ2n) is 4.29. The standard InChI is InChI=1S/C14H9AsF3NO3/c16-14(17,18)10-3-7-12(8-4-10)15(19-22)11-5-1-9(2-6-11)13(20)21/h1-8H,(H,20,21). The summed E-state index contributed by atoms with van der Waals surface area (Å²) in [5, 5.41) is 8.82. The Bertz CT molecular complexity index is 684. The number of alkyl halides is 3. The first-order valence-corrected chi connectivity index (χ1v) is 8.68. The molecule has 0 aromatic heterocycles. The molecule has 0 aliphatic rings. The number of carboxylic acid groups (broad SMARTS) is 1. The molecule has 0 radical (unpaired) electrons. The summed E-state index contributed by atoms with van der Waals surface area (Å²) in [6, 6.07) is 9.95. The van der Waals surface area contributed by atoms with Crippen LogP contribution in [0.15, 0.2) is 52.6 Å². The number of nitroso groups, excluding NO2 is 1. The summed E-state index contributed by atoms with van der Waals surface area (Å²) in [5.41, 5.74) is -0.728. The first-order valence-electron chi connectivity index (χ1n) is 5.97. The molecule has 114 valence electrons. The second kappa shape index (κ2) is 6.32. The number of hydrogen-bond donors (Lipinski definition) is 1. The summed E-state index contributed by atoms with van der Waals surface area (Å²) in [6.07, 6.45) is -4.44. The molecule has 0 fully saturated rings. The molecule has 1 atom stereocenters. The number of halogens is 3. The van der Waals surface area contributed by atoms with Crippen molar-refractivity contribution in [2.75, 3.05) is 0 Å². The number of hydrogen-bond acceptors (Lipinski definition) is 3. The average Bonchev–Trinajstić information content (AvgIpc) is 2.48. The third kappa shape index (κ3) is 3.54. The zero-order chi connectivity index (χ0) is 16.3. The Labute approximate surface area is 128 Å². The van der Waals surface area contributed by atoms with Crippen LogP contribution >= 0.6 is 0 Å². The van der Waals surface area contributed by atoms with Crippen molar-refractivity contribution in [2.45, 2.75) is 6.18 Å². The number of nitrogens with zero attached hydrogens (tertiary/aromatic N) is 1. The van der Waals surface area contributed by atoms with Gasteiger partial charge in [-0.1, -0.05) is 0 Å². The first kappa shape index (κ1) is 16.2. The molecule has 4 nitrogen and oxygen atoms in total. The van der Waals surface area contributed by atoms with Gasteiger partial charge >= 0.3 is 127 Å². The predicted octanol–water partition coefficient (Wildman–Crippen LogP) is 2.28. The molecule has 22 heavy (non-hydrogen) atoms. The van der Waals surface area contributed by atoms with E-state index in [-0.39, 0.29) is 5.56 Å². The Hall–Kier alpha value is -2.14. The fraction of sp³-hybridized carbons (Fsp3) is 0.0714. The van der Waals surface area contributed by atoms with E-state index in [0.29, 0.717) is 8.70 Å². The van der Waals surface area contributed by atoms with E-state index >= 15 is 0 Å². The average molecular weight is 371 g/mol. The summed E-state index contributed by atoms with van der Waals surface area (Å²) in [5.74, 6) is -1.10. The van der Waals surface area contributed by atoms with Gasteiger partial charge in [-0.15, -0.1) is 0 Å². The molecule has 1 unspecified atom stereocenters. The van der Waals surface area contributed by atoms with E-state index in [2.05, 4.69) is 4.09 Å². The van der Waals surface area contributed by atoms with Crippen LogP contribution in [0.1, 0.15) is 15.9 Å². The van der Waals surface area contributed by atoms with Gasteiger partial charge in [-0.25, -0.2) is 0 Å². The molecule has 2 aromatic carbocycles. The second-order valence-corrected chi connectivity index (χ2v) is 8.11. The molecule has 0 amide bonds. The van der Waals surface area contributed by atoms with E-state index in [0.717, 1.165) is 12.1 Å². The van der Waals surface area contributed by atoms with Crippen molar-refractivity contribution in [1.82, 2.24) is 0 Å². The number of benzene rings is 2. The van der Waals surface area contributed by atoms with Crippen LogP contribution in [-0.2, 0) is 6.18 Å². The zero-order valence-electron chi connectivity index (χ0n) is 10.9. The third-order valence-electron chi connectivity index (χ3n) is 2.88. The zero-order valence-corrected chi connectivity index (χ0v) is 12.8. The van der Waals surface area contributed by atoms with Gasteiger partial charge in [0.1, 0.15) is 0 Å². The van der Waals surface area contributed by atoms with Crippen molar-refractivity contribution in [2.24, 2.45) is 4.09 Å². The summed E-state index contributed by atoms with van der Waals surface area (Å²) in [4.78, 5) is 21.9. The van der Waals surface area contributed by atoms with E-state index in [1.54, 1.807) is 0 Å². The summed E-state index contributed by atoms with van der Waals surface area (Å²) >= 11 is -2.62. The third-order valence-corrected chi connectivity index (χ3v) is 6.53. The van der Waals surface area contributed by atoms with Crippen LogP contribution in [0.4, 0.5) is 13.2 Å². The van der Waals surface area contributed by atoms with Gasteiger partial charge in [-0.3, -0.25) is 0 Å². The molecule has 0 spiro atoms. The Morgan fingerprint density at radius 3 is 1.77 bits per heavy atom. The molecule has 0 aliphatic heterocycles. The van der Waals surface area contributed by atoms with E-state index in [9.17, 15) is 22.9 Å². The van der Waals surface area contributed by atoms with E-state index < -0.39 is 32.6 Å². The summed E-state index contributed by atoms with van der Waals surface area (Å²) in [6.45, 7) is 0. The van der Waals surface area contributed by atoms with Crippen molar-refractivity contribution < 1.29 is 23.1 Å². The molecule has 0 heterocycles. The van der Waals surface area contributed by atoms with Crippen LogP contribution < -0.4 is 8.70 Å². The van der Waals surface area contributed by atoms with E-state index in [1.165, 1.54) is 36.4 Å². The van der Waals surface area contributed by atoms with Crippen molar-refractivity contribution >= 4 is 29.5 Å². The van der Waals surface area contributed by atoms with Crippen LogP contribution in [0.3, 0.4) is 0 Å². The molecule has 0 aliphatic carbocycles. The molecule has 0 bridgehead atoms. The minimum absolute atomic E-state index is 0.0658. The van der Waals surface area contributed by atoms with Crippen LogP contribution in [0.5, 0.6) is 0 Å². The van der Waals surface area contributed by atoms with Gasteiger partial charge in [0.15, 0.2) is 0 Å². The molecule has 2 aromatic rings. The van der Waals surface area contributed by atoms with Crippen molar-refractivity contribution in [3.8, 4) is 0 Å². The van der Waals surface area contributed by atoms with Gasteiger partial charge in [0.2, 0.25) is 0 Å². The maximum atomic E-state index is 12.5. The topological polar surface area (TPSA) is 66.7 Å². The Morgan fingerprint density at radius 2 is 1.41 bits per heavy atom. The number of carboxylic acids is 1. The van der Waals surface area contributed by atoms with E-state index in [1.807, 2.05) is 0 Å². The fourth-order valence-corrected chi connectivity index (χ4v) is 4.61. The maximum absolute atomic E-state index is 12.5. The molecule has 8 heteroatoms. The van der Waals surface area contributed by atoms with Crippen LogP contribution in [0.2, 0.25) is 0 Å². The molecule has 0 saturated heterocycles. The van der Waals surface area contributed by atoms with Gasteiger partial charge in [0.05, 0.1) is 0 Å². The van der Waals surface area contributed by atoms with Gasteiger partial charge in [-0.2, -0.15) is 0 Å².